The lowest BCUT2D eigenvalue weighted by Crippen LogP contribution is -2.25. The third-order valence-corrected chi connectivity index (χ3v) is 2.73. The van der Waals surface area contributed by atoms with Crippen molar-refractivity contribution in [2.75, 3.05) is 14.1 Å². The van der Waals surface area contributed by atoms with Crippen LogP contribution in [-0.4, -0.2) is 19.0 Å². The van der Waals surface area contributed by atoms with Gasteiger partial charge in [0, 0.05) is 31.6 Å². The molecule has 16 heavy (non-hydrogen) atoms. The fourth-order valence-corrected chi connectivity index (χ4v) is 1.91. The molecule has 0 saturated heterocycles. The molecule has 3 nitrogen and oxygen atoms in total. The van der Waals surface area contributed by atoms with E-state index in [9.17, 15) is 0 Å². The highest BCUT2D eigenvalue weighted by atomic mass is 15.1. The summed E-state index contributed by atoms with van der Waals surface area (Å²) in [6.07, 6.45) is 8.15. The van der Waals surface area contributed by atoms with Gasteiger partial charge in [-0.15, -0.1) is 0 Å². The molecule has 0 aromatic heterocycles. The van der Waals surface area contributed by atoms with Crippen LogP contribution in [0, 0.1) is 0 Å². The number of allylic oxidation sites excluding steroid dienone is 3. The third-order valence-electron chi connectivity index (χ3n) is 2.73. The molecule has 1 heterocycles. The molecule has 0 spiro atoms. The Kier molecular flexibility index (Phi) is 2.60. The molecule has 0 unspecified atom stereocenters. The second kappa shape index (κ2) is 3.93. The SMILES string of the molecule is C=C1C=CN(C)C2=C(C=C2/C(C)=C/NC)N1. The number of hydrogen-bond donors (Lipinski definition) is 2. The number of hydrogen-bond acceptors (Lipinski definition) is 3. The Morgan fingerprint density at radius 2 is 2.31 bits per heavy atom. The summed E-state index contributed by atoms with van der Waals surface area (Å²) in [4.78, 5) is 2.11. The van der Waals surface area contributed by atoms with E-state index >= 15 is 0 Å². The van der Waals surface area contributed by atoms with Crippen LogP contribution in [0.1, 0.15) is 6.92 Å². The van der Waals surface area contributed by atoms with Crippen molar-refractivity contribution >= 4 is 0 Å². The summed E-state index contributed by atoms with van der Waals surface area (Å²) in [5.41, 5.74) is 5.77. The lowest BCUT2D eigenvalue weighted by molar-refractivity contribution is 0.565. The molecule has 0 radical (unpaired) electrons. The van der Waals surface area contributed by atoms with Gasteiger partial charge in [-0.1, -0.05) is 6.58 Å². The van der Waals surface area contributed by atoms with Gasteiger partial charge in [0.1, 0.15) is 0 Å². The lowest BCUT2D eigenvalue weighted by Gasteiger charge is -2.29. The molecule has 0 bridgehead atoms. The molecule has 2 rings (SSSR count). The van der Waals surface area contributed by atoms with Crippen LogP contribution in [0.15, 0.2) is 59.4 Å². The summed E-state index contributed by atoms with van der Waals surface area (Å²) in [5.74, 6) is 0. The minimum Gasteiger partial charge on any atom is -0.394 e. The van der Waals surface area contributed by atoms with Crippen LogP contribution in [0.5, 0.6) is 0 Å². The topological polar surface area (TPSA) is 27.3 Å². The second-order valence-electron chi connectivity index (χ2n) is 4.01. The summed E-state index contributed by atoms with van der Waals surface area (Å²) in [5, 5.41) is 6.32. The van der Waals surface area contributed by atoms with Gasteiger partial charge in [0.05, 0.1) is 11.4 Å². The van der Waals surface area contributed by atoms with Gasteiger partial charge in [-0.3, -0.25) is 0 Å². The van der Waals surface area contributed by atoms with Crippen molar-refractivity contribution in [3.05, 3.63) is 59.4 Å². The van der Waals surface area contributed by atoms with Crippen LogP contribution in [0.2, 0.25) is 0 Å². The molecule has 0 atom stereocenters. The van der Waals surface area contributed by atoms with Gasteiger partial charge in [0.2, 0.25) is 0 Å². The maximum atomic E-state index is 3.92. The Labute approximate surface area is 96.5 Å². The first kappa shape index (κ1) is 10.6. The van der Waals surface area contributed by atoms with E-state index < -0.39 is 0 Å². The molecule has 84 valence electrons. The molecular formula is C13H17N3. The normalized spacial score (nSPS) is 19.7. The standard InChI is InChI=1S/C13H17N3/c1-9(8-14-3)11-7-12-13(11)16(4)6-5-10(2)15-12/h5-8,14-15H,2H2,1,3-4H3/b9-8+. The van der Waals surface area contributed by atoms with Crippen LogP contribution < -0.4 is 10.6 Å². The Morgan fingerprint density at radius 1 is 1.56 bits per heavy atom. The number of rotatable bonds is 2. The Morgan fingerprint density at radius 3 is 3.00 bits per heavy atom. The van der Waals surface area contributed by atoms with E-state index in [1.165, 1.54) is 16.8 Å². The van der Waals surface area contributed by atoms with E-state index in [1.807, 2.05) is 32.6 Å². The summed E-state index contributed by atoms with van der Waals surface area (Å²) < 4.78 is 0. The predicted molar refractivity (Wildman–Crippen MR) is 67.1 cm³/mol. The van der Waals surface area contributed by atoms with E-state index in [0.29, 0.717) is 0 Å². The maximum Gasteiger partial charge on any atom is 0.0720 e. The fourth-order valence-electron chi connectivity index (χ4n) is 1.91. The van der Waals surface area contributed by atoms with E-state index in [0.717, 1.165) is 11.4 Å². The molecule has 1 aliphatic carbocycles. The lowest BCUT2D eigenvalue weighted by atomic mass is 9.93. The molecule has 0 amide bonds. The van der Waals surface area contributed by atoms with Crippen LogP contribution in [0.4, 0.5) is 0 Å². The minimum absolute atomic E-state index is 0.919. The highest BCUT2D eigenvalue weighted by molar-refractivity contribution is 5.61. The number of likely N-dealkylation sites (N-methyl/N-ethyl adjacent to an activating group) is 1. The highest BCUT2D eigenvalue weighted by Crippen LogP contribution is 2.34. The molecule has 0 fully saturated rings. The van der Waals surface area contributed by atoms with Crippen molar-refractivity contribution in [2.24, 2.45) is 0 Å². The van der Waals surface area contributed by atoms with Gasteiger partial charge < -0.3 is 15.5 Å². The summed E-state index contributed by atoms with van der Waals surface area (Å²) in [6, 6.07) is 0. The second-order valence-corrected chi connectivity index (χ2v) is 4.01. The molecule has 0 aromatic rings. The van der Waals surface area contributed by atoms with Crippen LogP contribution in [0.3, 0.4) is 0 Å². The van der Waals surface area contributed by atoms with Gasteiger partial charge in [-0.25, -0.2) is 0 Å². The average molecular weight is 215 g/mol. The van der Waals surface area contributed by atoms with Crippen molar-refractivity contribution in [3.8, 4) is 0 Å². The van der Waals surface area contributed by atoms with Gasteiger partial charge in [-0.2, -0.15) is 0 Å². The molecular weight excluding hydrogens is 198 g/mol. The largest absolute Gasteiger partial charge is 0.394 e. The molecule has 3 heteroatoms. The summed E-state index contributed by atoms with van der Waals surface area (Å²) in [7, 11) is 3.96. The summed E-state index contributed by atoms with van der Waals surface area (Å²) in [6.45, 7) is 6.02. The fraction of sp³-hybridized carbons (Fsp3) is 0.231. The van der Waals surface area contributed by atoms with E-state index in [2.05, 4.69) is 35.1 Å². The first-order chi connectivity index (χ1) is 7.63. The minimum atomic E-state index is 0.919. The maximum absolute atomic E-state index is 3.92. The average Bonchev–Trinajstić information content (AvgIpc) is 2.29. The van der Waals surface area contributed by atoms with Crippen molar-refractivity contribution in [3.63, 3.8) is 0 Å². The monoisotopic (exact) mass is 215 g/mol. The van der Waals surface area contributed by atoms with Crippen LogP contribution >= 0.6 is 0 Å². The number of nitrogens with zero attached hydrogens (tertiary/aromatic N) is 1. The number of nitrogens with one attached hydrogen (secondary N) is 2. The van der Waals surface area contributed by atoms with Gasteiger partial charge in [0.15, 0.2) is 0 Å². The van der Waals surface area contributed by atoms with Crippen LogP contribution in [-0.2, 0) is 0 Å². The van der Waals surface area contributed by atoms with E-state index in [1.54, 1.807) is 0 Å². The Bertz CT molecular complexity index is 450. The van der Waals surface area contributed by atoms with Gasteiger partial charge >= 0.3 is 0 Å². The molecule has 0 aromatic carbocycles. The Balaban J connectivity index is 2.26. The predicted octanol–water partition coefficient (Wildman–Crippen LogP) is 1.82. The third kappa shape index (κ3) is 1.65. The molecule has 0 saturated carbocycles. The quantitative estimate of drug-likeness (QED) is 0.736. The van der Waals surface area contributed by atoms with Crippen molar-refractivity contribution in [1.82, 2.24) is 15.5 Å². The van der Waals surface area contributed by atoms with Crippen LogP contribution in [0.25, 0.3) is 0 Å². The zero-order chi connectivity index (χ0) is 11.7. The summed E-state index contributed by atoms with van der Waals surface area (Å²) >= 11 is 0. The van der Waals surface area contributed by atoms with E-state index in [-0.39, 0.29) is 0 Å². The highest BCUT2D eigenvalue weighted by Gasteiger charge is 2.25. The van der Waals surface area contributed by atoms with Gasteiger partial charge in [-0.05, 0) is 30.8 Å². The zero-order valence-electron chi connectivity index (χ0n) is 9.96. The van der Waals surface area contributed by atoms with Crippen molar-refractivity contribution in [1.29, 1.82) is 0 Å². The van der Waals surface area contributed by atoms with Crippen molar-refractivity contribution < 1.29 is 0 Å². The molecule has 1 aliphatic heterocycles. The smallest absolute Gasteiger partial charge is 0.0720 e. The Hall–Kier alpha value is -1.90. The first-order valence-corrected chi connectivity index (χ1v) is 5.31. The molecule has 2 N–H and O–H groups in total. The first-order valence-electron chi connectivity index (χ1n) is 5.31. The zero-order valence-corrected chi connectivity index (χ0v) is 9.96. The van der Waals surface area contributed by atoms with Crippen molar-refractivity contribution in [2.45, 2.75) is 6.92 Å². The van der Waals surface area contributed by atoms with Gasteiger partial charge in [0.25, 0.3) is 0 Å². The molecule has 2 aliphatic rings. The van der Waals surface area contributed by atoms with E-state index in [4.69, 9.17) is 0 Å².